The van der Waals surface area contributed by atoms with E-state index >= 15 is 0 Å². The van der Waals surface area contributed by atoms with E-state index in [0.29, 0.717) is 17.9 Å². The van der Waals surface area contributed by atoms with Crippen molar-refractivity contribution in [2.24, 2.45) is 0 Å². The van der Waals surface area contributed by atoms with Crippen molar-refractivity contribution in [1.29, 1.82) is 5.26 Å². The zero-order valence-corrected chi connectivity index (χ0v) is 10.2. The van der Waals surface area contributed by atoms with E-state index in [1.54, 1.807) is 13.0 Å². The Morgan fingerprint density at radius 1 is 1.56 bits per heavy atom. The predicted molar refractivity (Wildman–Crippen MR) is 64.5 cm³/mol. The highest BCUT2D eigenvalue weighted by atomic mass is 35.5. The van der Waals surface area contributed by atoms with Gasteiger partial charge in [-0.05, 0) is 37.5 Å². The molecule has 0 amide bonds. The predicted octanol–water partition coefficient (Wildman–Crippen LogP) is 3.62. The molecular formula is C13H14ClNO. The highest BCUT2D eigenvalue weighted by molar-refractivity contribution is 6.31. The van der Waals surface area contributed by atoms with Crippen molar-refractivity contribution >= 4 is 17.4 Å². The molecule has 0 saturated heterocycles. The van der Waals surface area contributed by atoms with E-state index in [9.17, 15) is 4.79 Å². The molecule has 0 aliphatic carbocycles. The fourth-order valence-electron chi connectivity index (χ4n) is 1.70. The van der Waals surface area contributed by atoms with Crippen LogP contribution in [0.4, 0.5) is 0 Å². The molecule has 0 radical (unpaired) electrons. The second kappa shape index (κ2) is 5.67. The number of rotatable bonds is 4. The lowest BCUT2D eigenvalue weighted by molar-refractivity contribution is -0.118. The van der Waals surface area contributed by atoms with Gasteiger partial charge in [0.1, 0.15) is 5.78 Å². The minimum Gasteiger partial charge on any atom is -0.299 e. The summed E-state index contributed by atoms with van der Waals surface area (Å²) in [4.78, 5) is 11.5. The fourth-order valence-corrected chi connectivity index (χ4v) is 1.82. The summed E-state index contributed by atoms with van der Waals surface area (Å²) in [6, 6.07) is 7.65. The number of carbonyl (C=O) groups excluding carboxylic acids is 1. The molecule has 1 aromatic rings. The molecule has 0 heterocycles. The van der Waals surface area contributed by atoms with Crippen molar-refractivity contribution < 1.29 is 4.79 Å². The van der Waals surface area contributed by atoms with E-state index in [2.05, 4.69) is 6.07 Å². The maximum absolute atomic E-state index is 11.5. The lowest BCUT2D eigenvalue weighted by Gasteiger charge is -2.13. The average Bonchev–Trinajstić information content (AvgIpc) is 2.23. The van der Waals surface area contributed by atoms with Gasteiger partial charge in [-0.3, -0.25) is 4.79 Å². The van der Waals surface area contributed by atoms with E-state index in [-0.39, 0.29) is 11.7 Å². The van der Waals surface area contributed by atoms with Crippen molar-refractivity contribution in [1.82, 2.24) is 0 Å². The van der Waals surface area contributed by atoms with Crippen molar-refractivity contribution in [3.05, 3.63) is 34.3 Å². The van der Waals surface area contributed by atoms with Gasteiger partial charge in [0.05, 0.1) is 6.07 Å². The minimum absolute atomic E-state index is 0.0944. The Balaban J connectivity index is 2.97. The van der Waals surface area contributed by atoms with Crippen LogP contribution in [0.5, 0.6) is 0 Å². The van der Waals surface area contributed by atoms with Gasteiger partial charge in [-0.25, -0.2) is 0 Å². The van der Waals surface area contributed by atoms with Crippen LogP contribution in [0.3, 0.4) is 0 Å². The third kappa shape index (κ3) is 3.08. The number of ketones is 1. The molecule has 1 unspecified atom stereocenters. The molecule has 0 aliphatic heterocycles. The number of hydrogen-bond donors (Lipinski definition) is 0. The lowest BCUT2D eigenvalue weighted by atomic mass is 9.90. The van der Waals surface area contributed by atoms with Crippen LogP contribution in [-0.4, -0.2) is 5.78 Å². The molecule has 0 aromatic heterocycles. The summed E-state index contributed by atoms with van der Waals surface area (Å²) in [6.07, 6.45) is 0.971. The number of aryl methyl sites for hydroxylation is 1. The normalized spacial score (nSPS) is 11.9. The maximum atomic E-state index is 11.5. The van der Waals surface area contributed by atoms with Crippen molar-refractivity contribution in [3.8, 4) is 6.07 Å². The van der Waals surface area contributed by atoms with Crippen LogP contribution in [0.2, 0.25) is 5.02 Å². The lowest BCUT2D eigenvalue weighted by Crippen LogP contribution is -2.08. The molecule has 3 heteroatoms. The quantitative estimate of drug-likeness (QED) is 0.800. The van der Waals surface area contributed by atoms with Crippen LogP contribution < -0.4 is 0 Å². The topological polar surface area (TPSA) is 40.9 Å². The molecule has 0 aliphatic rings. The Morgan fingerprint density at radius 3 is 2.75 bits per heavy atom. The Bertz CT molecular complexity index is 434. The Kier molecular flexibility index (Phi) is 4.52. The smallest absolute Gasteiger partial charge is 0.137 e. The van der Waals surface area contributed by atoms with Gasteiger partial charge in [0, 0.05) is 17.4 Å². The highest BCUT2D eigenvalue weighted by Gasteiger charge is 2.16. The largest absolute Gasteiger partial charge is 0.299 e. The first-order valence-corrected chi connectivity index (χ1v) is 5.57. The summed E-state index contributed by atoms with van der Waals surface area (Å²) < 4.78 is 0. The van der Waals surface area contributed by atoms with E-state index < -0.39 is 0 Å². The zero-order chi connectivity index (χ0) is 12.1. The van der Waals surface area contributed by atoms with E-state index in [0.717, 1.165) is 11.1 Å². The second-order valence-electron chi connectivity index (χ2n) is 3.87. The molecular weight excluding hydrogens is 222 g/mol. The standard InChI is InChI=1S/C13H14ClNO/c1-9-8-11(5-6-13(9)14)12(10(2)16)4-3-7-15/h5-6,8,12H,3-4H2,1-2H3. The first kappa shape index (κ1) is 12.7. The van der Waals surface area contributed by atoms with Gasteiger partial charge in [-0.15, -0.1) is 0 Å². The van der Waals surface area contributed by atoms with Crippen LogP contribution in [0.1, 0.15) is 36.8 Å². The highest BCUT2D eigenvalue weighted by Crippen LogP contribution is 2.26. The Labute approximate surface area is 101 Å². The second-order valence-corrected chi connectivity index (χ2v) is 4.28. The molecule has 84 valence electrons. The van der Waals surface area contributed by atoms with Gasteiger partial charge < -0.3 is 0 Å². The number of hydrogen-bond acceptors (Lipinski definition) is 2. The van der Waals surface area contributed by atoms with Crippen molar-refractivity contribution in [3.63, 3.8) is 0 Å². The summed E-state index contributed by atoms with van der Waals surface area (Å²) in [5.74, 6) is -0.0902. The van der Waals surface area contributed by atoms with Crippen LogP contribution in [0.25, 0.3) is 0 Å². The monoisotopic (exact) mass is 235 g/mol. The maximum Gasteiger partial charge on any atom is 0.137 e. The molecule has 2 nitrogen and oxygen atoms in total. The van der Waals surface area contributed by atoms with Crippen LogP contribution in [0, 0.1) is 18.3 Å². The molecule has 0 spiro atoms. The minimum atomic E-state index is -0.185. The van der Waals surface area contributed by atoms with Gasteiger partial charge >= 0.3 is 0 Å². The van der Waals surface area contributed by atoms with Gasteiger partial charge in [-0.2, -0.15) is 5.26 Å². The molecule has 1 aromatic carbocycles. The summed E-state index contributed by atoms with van der Waals surface area (Å²) in [6.45, 7) is 3.47. The van der Waals surface area contributed by atoms with Gasteiger partial charge in [0.2, 0.25) is 0 Å². The van der Waals surface area contributed by atoms with Gasteiger partial charge in [0.25, 0.3) is 0 Å². The number of benzene rings is 1. The molecule has 0 saturated carbocycles. The number of nitriles is 1. The Morgan fingerprint density at radius 2 is 2.25 bits per heavy atom. The van der Waals surface area contributed by atoms with Crippen LogP contribution in [-0.2, 0) is 4.79 Å². The summed E-state index contributed by atoms with van der Waals surface area (Å²) in [5.41, 5.74) is 1.91. The van der Waals surface area contributed by atoms with E-state index in [4.69, 9.17) is 16.9 Å². The van der Waals surface area contributed by atoms with Crippen LogP contribution >= 0.6 is 11.6 Å². The molecule has 16 heavy (non-hydrogen) atoms. The van der Waals surface area contributed by atoms with E-state index in [1.165, 1.54) is 0 Å². The summed E-state index contributed by atoms with van der Waals surface area (Å²) in [7, 11) is 0. The summed E-state index contributed by atoms with van der Waals surface area (Å²) in [5, 5.41) is 9.26. The third-order valence-corrected chi connectivity index (χ3v) is 3.04. The number of carbonyl (C=O) groups is 1. The fraction of sp³-hybridized carbons (Fsp3) is 0.385. The molecule has 1 rings (SSSR count). The molecule has 0 N–H and O–H groups in total. The van der Waals surface area contributed by atoms with Crippen LogP contribution in [0.15, 0.2) is 18.2 Å². The molecule has 0 fully saturated rings. The SMILES string of the molecule is CC(=O)C(CCC#N)c1ccc(Cl)c(C)c1. The summed E-state index contributed by atoms with van der Waals surface area (Å²) >= 11 is 5.93. The zero-order valence-electron chi connectivity index (χ0n) is 9.46. The van der Waals surface area contributed by atoms with Gasteiger partial charge in [0.15, 0.2) is 0 Å². The third-order valence-electron chi connectivity index (χ3n) is 2.62. The first-order chi connectivity index (χ1) is 7.56. The number of nitrogens with zero attached hydrogens (tertiary/aromatic N) is 1. The number of halogens is 1. The molecule has 0 bridgehead atoms. The first-order valence-electron chi connectivity index (χ1n) is 5.19. The van der Waals surface area contributed by atoms with Gasteiger partial charge in [-0.1, -0.05) is 23.7 Å². The average molecular weight is 236 g/mol. The number of Topliss-reactive ketones (excluding diaryl/α,β-unsaturated/α-hetero) is 1. The Hall–Kier alpha value is -1.33. The van der Waals surface area contributed by atoms with E-state index in [1.807, 2.05) is 19.1 Å². The molecule has 1 atom stereocenters. The van der Waals surface area contributed by atoms with Crippen molar-refractivity contribution in [2.75, 3.05) is 0 Å². The van der Waals surface area contributed by atoms with Crippen molar-refractivity contribution in [2.45, 2.75) is 32.6 Å².